The molecular weight excluding hydrogens is 384 g/mol. The number of nitrogens with zero attached hydrogens (tertiary/aromatic N) is 2. The van der Waals surface area contributed by atoms with Crippen LogP contribution in [0.25, 0.3) is 10.9 Å². The Morgan fingerprint density at radius 2 is 2.04 bits per heavy atom. The molecule has 0 saturated carbocycles. The smallest absolute Gasteiger partial charge is 0.294 e. The van der Waals surface area contributed by atoms with E-state index in [1.54, 1.807) is 6.07 Å². The van der Waals surface area contributed by atoms with Crippen molar-refractivity contribution in [2.75, 3.05) is 6.54 Å². The second-order valence-electron chi connectivity index (χ2n) is 6.00. The standard InChI is InChI=1S/C18H18N4O5S/c1-2-9-20-28(26,27)12-7-8-15-13(10-12)14(18(23)21-15)11-19-16-5-3-4-6-17(16)22(24)25/h3-8,10-11,20-21,23H,2,9H2,1H3. The summed E-state index contributed by atoms with van der Waals surface area (Å²) < 4.78 is 27.2. The maximum absolute atomic E-state index is 12.4. The summed E-state index contributed by atoms with van der Waals surface area (Å²) >= 11 is 0. The largest absolute Gasteiger partial charge is 0.494 e. The predicted octanol–water partition coefficient (Wildman–Crippen LogP) is 3.22. The molecule has 9 nitrogen and oxygen atoms in total. The summed E-state index contributed by atoms with van der Waals surface area (Å²) in [6, 6.07) is 10.3. The second-order valence-corrected chi connectivity index (χ2v) is 7.76. The Bertz CT molecular complexity index is 1170. The van der Waals surface area contributed by atoms with Crippen LogP contribution in [0.1, 0.15) is 18.9 Å². The van der Waals surface area contributed by atoms with Gasteiger partial charge in [0.15, 0.2) is 5.88 Å². The van der Waals surface area contributed by atoms with Crippen LogP contribution >= 0.6 is 0 Å². The van der Waals surface area contributed by atoms with Gasteiger partial charge in [0.2, 0.25) is 10.0 Å². The average molecular weight is 402 g/mol. The average Bonchev–Trinajstić information content (AvgIpc) is 2.99. The van der Waals surface area contributed by atoms with Crippen LogP contribution in [0.3, 0.4) is 0 Å². The molecule has 0 bridgehead atoms. The zero-order chi connectivity index (χ0) is 20.3. The minimum Gasteiger partial charge on any atom is -0.494 e. The summed E-state index contributed by atoms with van der Waals surface area (Å²) in [5, 5.41) is 21.7. The van der Waals surface area contributed by atoms with E-state index in [9.17, 15) is 23.6 Å². The Hall–Kier alpha value is -3.24. The quantitative estimate of drug-likeness (QED) is 0.316. The van der Waals surface area contributed by atoms with Crippen LogP contribution in [0, 0.1) is 10.1 Å². The first kappa shape index (κ1) is 19.5. The van der Waals surface area contributed by atoms with Gasteiger partial charge >= 0.3 is 0 Å². The lowest BCUT2D eigenvalue weighted by atomic mass is 10.2. The van der Waals surface area contributed by atoms with Gasteiger partial charge in [-0.3, -0.25) is 10.1 Å². The molecule has 0 radical (unpaired) electrons. The number of rotatable bonds is 7. The first-order valence-corrected chi connectivity index (χ1v) is 9.93. The Kier molecular flexibility index (Phi) is 5.43. The number of sulfonamides is 1. The monoisotopic (exact) mass is 402 g/mol. The third kappa shape index (κ3) is 3.87. The van der Waals surface area contributed by atoms with Crippen molar-refractivity contribution in [2.24, 2.45) is 4.99 Å². The van der Waals surface area contributed by atoms with E-state index in [4.69, 9.17) is 0 Å². The summed E-state index contributed by atoms with van der Waals surface area (Å²) in [4.78, 5) is 17.5. The molecule has 3 aromatic rings. The Morgan fingerprint density at radius 1 is 1.29 bits per heavy atom. The number of benzene rings is 2. The van der Waals surface area contributed by atoms with Gasteiger partial charge in [-0.15, -0.1) is 0 Å². The third-order valence-corrected chi connectivity index (χ3v) is 5.51. The van der Waals surface area contributed by atoms with Gasteiger partial charge in [0.25, 0.3) is 5.69 Å². The van der Waals surface area contributed by atoms with Crippen LogP contribution in [0.5, 0.6) is 5.88 Å². The number of aromatic hydroxyl groups is 1. The number of para-hydroxylation sites is 2. The number of aromatic nitrogens is 1. The van der Waals surface area contributed by atoms with Crippen molar-refractivity contribution in [2.45, 2.75) is 18.2 Å². The van der Waals surface area contributed by atoms with Gasteiger partial charge in [-0.1, -0.05) is 19.1 Å². The molecule has 0 aliphatic rings. The summed E-state index contributed by atoms with van der Waals surface area (Å²) in [6.45, 7) is 2.16. The van der Waals surface area contributed by atoms with Crippen LogP contribution in [0.2, 0.25) is 0 Å². The maximum atomic E-state index is 12.4. The third-order valence-electron chi connectivity index (χ3n) is 4.05. The number of hydrogen-bond acceptors (Lipinski definition) is 6. The molecule has 2 aromatic carbocycles. The molecule has 0 fully saturated rings. The Morgan fingerprint density at radius 3 is 2.75 bits per heavy atom. The first-order valence-electron chi connectivity index (χ1n) is 8.45. The minimum atomic E-state index is -3.69. The highest BCUT2D eigenvalue weighted by Gasteiger charge is 2.17. The summed E-state index contributed by atoms with van der Waals surface area (Å²) in [5.74, 6) is -0.214. The number of fused-ring (bicyclic) bond motifs is 1. The summed E-state index contributed by atoms with van der Waals surface area (Å²) in [5.41, 5.74) is 0.691. The van der Waals surface area contributed by atoms with Gasteiger partial charge in [-0.25, -0.2) is 18.1 Å². The van der Waals surface area contributed by atoms with E-state index in [2.05, 4.69) is 14.7 Å². The molecular formula is C18H18N4O5S. The van der Waals surface area contributed by atoms with Crippen LogP contribution in [0.15, 0.2) is 52.4 Å². The highest BCUT2D eigenvalue weighted by atomic mass is 32.2. The molecule has 0 saturated heterocycles. The first-order chi connectivity index (χ1) is 13.3. The van der Waals surface area contributed by atoms with Crippen LogP contribution in [0.4, 0.5) is 11.4 Å². The van der Waals surface area contributed by atoms with E-state index in [-0.39, 0.29) is 27.7 Å². The molecule has 0 aliphatic carbocycles. The van der Waals surface area contributed by atoms with Gasteiger partial charge in [0.05, 0.1) is 15.4 Å². The van der Waals surface area contributed by atoms with Crippen molar-refractivity contribution in [1.82, 2.24) is 9.71 Å². The van der Waals surface area contributed by atoms with Gasteiger partial charge in [-0.2, -0.15) is 0 Å². The Balaban J connectivity index is 2.06. The number of H-pyrrole nitrogens is 1. The molecule has 28 heavy (non-hydrogen) atoms. The van der Waals surface area contributed by atoms with Crippen molar-refractivity contribution >= 4 is 38.5 Å². The molecule has 0 amide bonds. The van der Waals surface area contributed by atoms with Crippen LogP contribution < -0.4 is 4.72 Å². The fourth-order valence-electron chi connectivity index (χ4n) is 2.66. The molecule has 1 heterocycles. The minimum absolute atomic E-state index is 0.0489. The highest BCUT2D eigenvalue weighted by molar-refractivity contribution is 7.89. The molecule has 146 valence electrons. The van der Waals surface area contributed by atoms with Crippen molar-refractivity contribution in [3.05, 3.63) is 58.1 Å². The summed E-state index contributed by atoms with van der Waals surface area (Å²) in [6.07, 6.45) is 1.92. The molecule has 1 aromatic heterocycles. The number of hydrogen-bond donors (Lipinski definition) is 3. The fraction of sp³-hybridized carbons (Fsp3) is 0.167. The van der Waals surface area contributed by atoms with E-state index >= 15 is 0 Å². The number of aliphatic imine (C=N–C) groups is 1. The SMILES string of the molecule is CCCNS(=O)(=O)c1ccc2[nH]c(O)c(C=Nc3ccccc3[N+](=O)[O-])c2c1. The van der Waals surface area contributed by atoms with Gasteiger partial charge < -0.3 is 10.1 Å². The van der Waals surface area contributed by atoms with E-state index in [1.165, 1.54) is 42.6 Å². The molecule has 0 unspecified atom stereocenters. The topological polar surface area (TPSA) is 138 Å². The van der Waals surface area contributed by atoms with E-state index in [0.717, 1.165) is 0 Å². The number of aromatic amines is 1. The maximum Gasteiger partial charge on any atom is 0.294 e. The molecule has 0 aliphatic heterocycles. The predicted molar refractivity (Wildman–Crippen MR) is 106 cm³/mol. The summed E-state index contributed by atoms with van der Waals surface area (Å²) in [7, 11) is -3.69. The number of nitrogens with one attached hydrogen (secondary N) is 2. The van der Waals surface area contributed by atoms with Crippen molar-refractivity contribution in [1.29, 1.82) is 0 Å². The zero-order valence-corrected chi connectivity index (χ0v) is 15.7. The lowest BCUT2D eigenvalue weighted by Gasteiger charge is -2.05. The van der Waals surface area contributed by atoms with Crippen LogP contribution in [-0.2, 0) is 10.0 Å². The number of nitro benzene ring substituents is 1. The van der Waals surface area contributed by atoms with Crippen molar-refractivity contribution in [3.8, 4) is 5.88 Å². The zero-order valence-electron chi connectivity index (χ0n) is 14.9. The molecule has 0 spiro atoms. The van der Waals surface area contributed by atoms with Gasteiger partial charge in [0.1, 0.15) is 5.69 Å². The van der Waals surface area contributed by atoms with Crippen LogP contribution in [-0.4, -0.2) is 36.2 Å². The second kappa shape index (κ2) is 7.79. The molecule has 10 heteroatoms. The van der Waals surface area contributed by atoms with E-state index in [1.807, 2.05) is 6.92 Å². The number of nitro groups is 1. The van der Waals surface area contributed by atoms with Gasteiger partial charge in [-0.05, 0) is 30.7 Å². The lowest BCUT2D eigenvalue weighted by molar-refractivity contribution is -0.384. The highest BCUT2D eigenvalue weighted by Crippen LogP contribution is 2.30. The Labute approximate surface area is 160 Å². The van der Waals surface area contributed by atoms with E-state index in [0.29, 0.717) is 23.9 Å². The normalized spacial score (nSPS) is 12.0. The molecule has 0 atom stereocenters. The molecule has 3 rings (SSSR count). The van der Waals surface area contributed by atoms with Crippen molar-refractivity contribution in [3.63, 3.8) is 0 Å². The van der Waals surface area contributed by atoms with Crippen molar-refractivity contribution < 1.29 is 18.4 Å². The van der Waals surface area contributed by atoms with Gasteiger partial charge in [0, 0.05) is 29.7 Å². The molecule has 3 N–H and O–H groups in total. The fourth-order valence-corrected chi connectivity index (χ4v) is 3.82. The van der Waals surface area contributed by atoms with E-state index < -0.39 is 14.9 Å². The lowest BCUT2D eigenvalue weighted by Crippen LogP contribution is -2.24.